The summed E-state index contributed by atoms with van der Waals surface area (Å²) in [6, 6.07) is 13.5. The number of nitrogens with one attached hydrogen (secondary N) is 1. The number of fused-ring (bicyclic) bond motifs is 1. The van der Waals surface area contributed by atoms with Crippen LogP contribution < -0.4 is 5.32 Å². The summed E-state index contributed by atoms with van der Waals surface area (Å²) < 4.78 is 9.69. The van der Waals surface area contributed by atoms with Crippen LogP contribution in [-0.4, -0.2) is 32.2 Å². The number of ether oxygens (including phenoxy) is 2. The predicted molar refractivity (Wildman–Crippen MR) is 84.6 cm³/mol. The molecule has 1 N–H and O–H groups in total. The molecule has 116 valence electrons. The summed E-state index contributed by atoms with van der Waals surface area (Å²) in [6.45, 7) is 0.564. The molecule has 2 aromatic carbocycles. The highest BCUT2D eigenvalue weighted by molar-refractivity contribution is 6.02. The Labute approximate surface area is 129 Å². The van der Waals surface area contributed by atoms with Crippen LogP contribution >= 0.6 is 0 Å². The molecule has 0 aliphatic carbocycles. The maximum absolute atomic E-state index is 11.9. The molecule has 0 atom stereocenters. The predicted octanol–water partition coefficient (Wildman–Crippen LogP) is 2.75. The van der Waals surface area contributed by atoms with Gasteiger partial charge in [0, 0.05) is 24.6 Å². The van der Waals surface area contributed by atoms with Gasteiger partial charge in [-0.15, -0.1) is 0 Å². The third-order valence-electron chi connectivity index (χ3n) is 3.17. The van der Waals surface area contributed by atoms with Crippen LogP contribution in [0, 0.1) is 0 Å². The molecule has 5 heteroatoms. The van der Waals surface area contributed by atoms with Gasteiger partial charge in [-0.3, -0.25) is 9.59 Å². The molecule has 0 saturated heterocycles. The number of anilines is 1. The molecule has 0 unspecified atom stereocenters. The van der Waals surface area contributed by atoms with E-state index in [9.17, 15) is 9.59 Å². The zero-order chi connectivity index (χ0) is 15.8. The van der Waals surface area contributed by atoms with E-state index in [0.717, 1.165) is 16.5 Å². The van der Waals surface area contributed by atoms with E-state index in [1.54, 1.807) is 0 Å². The fraction of sp³-hybridized carbons (Fsp3) is 0.294. The Morgan fingerprint density at radius 1 is 1.00 bits per heavy atom. The summed E-state index contributed by atoms with van der Waals surface area (Å²) in [4.78, 5) is 23.4. The van der Waals surface area contributed by atoms with Crippen molar-refractivity contribution in [2.75, 3.05) is 25.6 Å². The summed E-state index contributed by atoms with van der Waals surface area (Å²) in [5.74, 6) is -0.606. The van der Waals surface area contributed by atoms with Gasteiger partial charge < -0.3 is 14.8 Å². The molecule has 0 aliphatic heterocycles. The normalized spacial score (nSPS) is 10.4. The van der Waals surface area contributed by atoms with Crippen LogP contribution in [0.2, 0.25) is 0 Å². The van der Waals surface area contributed by atoms with Crippen molar-refractivity contribution >= 4 is 28.3 Å². The van der Waals surface area contributed by atoms with E-state index in [0.29, 0.717) is 6.61 Å². The summed E-state index contributed by atoms with van der Waals surface area (Å²) in [5, 5.41) is 4.86. The Morgan fingerprint density at radius 2 is 1.77 bits per heavy atom. The van der Waals surface area contributed by atoms with Gasteiger partial charge in [0.25, 0.3) is 0 Å². The van der Waals surface area contributed by atoms with E-state index in [1.165, 1.54) is 7.11 Å². The van der Waals surface area contributed by atoms with E-state index in [4.69, 9.17) is 9.47 Å². The van der Waals surface area contributed by atoms with Gasteiger partial charge in [0.2, 0.25) is 5.91 Å². The smallest absolute Gasteiger partial charge is 0.306 e. The molecule has 2 rings (SSSR count). The highest BCUT2D eigenvalue weighted by Gasteiger charge is 2.09. The summed E-state index contributed by atoms with van der Waals surface area (Å²) in [7, 11) is 1.53. The third kappa shape index (κ3) is 4.56. The monoisotopic (exact) mass is 301 g/mol. The maximum Gasteiger partial charge on any atom is 0.306 e. The first-order valence-electron chi connectivity index (χ1n) is 7.13. The quantitative estimate of drug-likeness (QED) is 0.631. The minimum atomic E-state index is -0.398. The number of carbonyl (C=O) groups is 2. The molecule has 0 aromatic heterocycles. The number of hydrogen-bond acceptors (Lipinski definition) is 4. The van der Waals surface area contributed by atoms with Crippen molar-refractivity contribution in [3.05, 3.63) is 42.5 Å². The third-order valence-corrected chi connectivity index (χ3v) is 3.17. The molecule has 1 amide bonds. The van der Waals surface area contributed by atoms with Crippen molar-refractivity contribution in [1.82, 2.24) is 0 Å². The van der Waals surface area contributed by atoms with Crippen molar-refractivity contribution in [3.8, 4) is 0 Å². The van der Waals surface area contributed by atoms with Gasteiger partial charge in [-0.1, -0.05) is 36.4 Å². The van der Waals surface area contributed by atoms with Crippen molar-refractivity contribution in [3.63, 3.8) is 0 Å². The van der Waals surface area contributed by atoms with Gasteiger partial charge in [0.05, 0.1) is 13.0 Å². The summed E-state index contributed by atoms with van der Waals surface area (Å²) in [5.41, 5.74) is 0.746. The lowest BCUT2D eigenvalue weighted by atomic mass is 10.1. The number of esters is 1. The van der Waals surface area contributed by atoms with Gasteiger partial charge in [-0.25, -0.2) is 0 Å². The second-order valence-electron chi connectivity index (χ2n) is 4.79. The lowest BCUT2D eigenvalue weighted by Gasteiger charge is -2.08. The molecule has 0 aliphatic rings. The first-order valence-corrected chi connectivity index (χ1v) is 7.13. The van der Waals surface area contributed by atoms with E-state index >= 15 is 0 Å². The number of carbonyl (C=O) groups excluding carboxylic acids is 2. The Kier molecular flexibility index (Phi) is 5.91. The Hall–Kier alpha value is -2.40. The van der Waals surface area contributed by atoms with Crippen LogP contribution in [0.1, 0.15) is 12.8 Å². The largest absolute Gasteiger partial charge is 0.463 e. The SMILES string of the molecule is COCCOC(=O)CCC(=O)Nc1cccc2ccccc12. The standard InChI is InChI=1S/C17H19NO4/c1-21-11-12-22-17(20)10-9-16(19)18-15-8-4-6-13-5-2-3-7-14(13)15/h2-8H,9-12H2,1H3,(H,18,19). The van der Waals surface area contributed by atoms with E-state index in [2.05, 4.69) is 5.32 Å². The minimum absolute atomic E-state index is 0.0559. The van der Waals surface area contributed by atoms with Crippen molar-refractivity contribution in [1.29, 1.82) is 0 Å². The molecular formula is C17H19NO4. The first kappa shape index (κ1) is 16.0. The maximum atomic E-state index is 11.9. The lowest BCUT2D eigenvalue weighted by molar-refractivity contribution is -0.145. The topological polar surface area (TPSA) is 64.6 Å². The molecule has 0 radical (unpaired) electrons. The Morgan fingerprint density at radius 3 is 2.59 bits per heavy atom. The highest BCUT2D eigenvalue weighted by Crippen LogP contribution is 2.23. The molecule has 0 heterocycles. The van der Waals surface area contributed by atoms with Crippen molar-refractivity contribution in [2.24, 2.45) is 0 Å². The van der Waals surface area contributed by atoms with Crippen LogP contribution in [-0.2, 0) is 19.1 Å². The van der Waals surface area contributed by atoms with Crippen LogP contribution in [0.3, 0.4) is 0 Å². The van der Waals surface area contributed by atoms with Gasteiger partial charge in [0.1, 0.15) is 6.61 Å². The molecule has 0 fully saturated rings. The summed E-state index contributed by atoms with van der Waals surface area (Å²) >= 11 is 0. The molecule has 2 aromatic rings. The molecule has 22 heavy (non-hydrogen) atoms. The molecule has 5 nitrogen and oxygen atoms in total. The fourth-order valence-electron chi connectivity index (χ4n) is 2.07. The first-order chi connectivity index (χ1) is 10.7. The second-order valence-corrected chi connectivity index (χ2v) is 4.79. The number of rotatable bonds is 7. The minimum Gasteiger partial charge on any atom is -0.463 e. The van der Waals surface area contributed by atoms with Crippen LogP contribution in [0.4, 0.5) is 5.69 Å². The van der Waals surface area contributed by atoms with Crippen LogP contribution in [0.15, 0.2) is 42.5 Å². The Balaban J connectivity index is 1.87. The van der Waals surface area contributed by atoms with Gasteiger partial charge in [-0.2, -0.15) is 0 Å². The highest BCUT2D eigenvalue weighted by atomic mass is 16.6. The summed E-state index contributed by atoms with van der Waals surface area (Å²) in [6.07, 6.45) is 0.148. The molecule has 0 saturated carbocycles. The number of benzene rings is 2. The van der Waals surface area contributed by atoms with Gasteiger partial charge in [-0.05, 0) is 11.5 Å². The van der Waals surface area contributed by atoms with Crippen LogP contribution in [0.5, 0.6) is 0 Å². The average Bonchev–Trinajstić information content (AvgIpc) is 2.54. The van der Waals surface area contributed by atoms with E-state index in [1.807, 2.05) is 42.5 Å². The zero-order valence-electron chi connectivity index (χ0n) is 12.5. The lowest BCUT2D eigenvalue weighted by Crippen LogP contribution is -2.16. The van der Waals surface area contributed by atoms with E-state index in [-0.39, 0.29) is 25.4 Å². The average molecular weight is 301 g/mol. The van der Waals surface area contributed by atoms with Gasteiger partial charge in [0.15, 0.2) is 0 Å². The fourth-order valence-corrected chi connectivity index (χ4v) is 2.07. The molecule has 0 bridgehead atoms. The van der Waals surface area contributed by atoms with Gasteiger partial charge >= 0.3 is 5.97 Å². The Bertz CT molecular complexity index is 649. The van der Waals surface area contributed by atoms with E-state index < -0.39 is 5.97 Å². The number of methoxy groups -OCH3 is 1. The second kappa shape index (κ2) is 8.14. The zero-order valence-corrected chi connectivity index (χ0v) is 12.5. The number of hydrogen-bond donors (Lipinski definition) is 1. The molecular weight excluding hydrogens is 282 g/mol. The van der Waals surface area contributed by atoms with Crippen LogP contribution in [0.25, 0.3) is 10.8 Å². The van der Waals surface area contributed by atoms with Crippen molar-refractivity contribution in [2.45, 2.75) is 12.8 Å². The van der Waals surface area contributed by atoms with Crippen molar-refractivity contribution < 1.29 is 19.1 Å². The number of amides is 1. The molecule has 0 spiro atoms.